The van der Waals surface area contributed by atoms with Gasteiger partial charge in [-0.3, -0.25) is 4.68 Å². The number of aryl methyl sites for hydroxylation is 2. The van der Waals surface area contributed by atoms with Crippen molar-refractivity contribution in [3.63, 3.8) is 0 Å². The van der Waals surface area contributed by atoms with Gasteiger partial charge in [0.05, 0.1) is 16.4 Å². The minimum absolute atomic E-state index is 0.279. The number of hydrogen-bond acceptors (Lipinski definition) is 1. The van der Waals surface area contributed by atoms with Gasteiger partial charge in [0, 0.05) is 23.3 Å². The summed E-state index contributed by atoms with van der Waals surface area (Å²) in [7, 11) is 1.92. The van der Waals surface area contributed by atoms with E-state index in [0.29, 0.717) is 0 Å². The van der Waals surface area contributed by atoms with Gasteiger partial charge in [0.1, 0.15) is 0 Å². The Labute approximate surface area is 131 Å². The maximum atomic E-state index is 6.31. The maximum absolute atomic E-state index is 6.31. The summed E-state index contributed by atoms with van der Waals surface area (Å²) in [6.07, 6.45) is 0.811. The lowest BCUT2D eigenvalue weighted by molar-refractivity contribution is 0.660. The number of benzene rings is 1. The van der Waals surface area contributed by atoms with E-state index in [9.17, 15) is 0 Å². The molecule has 0 saturated heterocycles. The van der Waals surface area contributed by atoms with Crippen LogP contribution in [0.25, 0.3) is 0 Å². The Morgan fingerprint density at radius 2 is 2.00 bits per heavy atom. The van der Waals surface area contributed by atoms with Gasteiger partial charge < -0.3 is 0 Å². The zero-order valence-corrected chi connectivity index (χ0v) is 13.9. The molecule has 0 amide bonds. The van der Waals surface area contributed by atoms with E-state index in [4.69, 9.17) is 23.2 Å². The van der Waals surface area contributed by atoms with E-state index in [1.807, 2.05) is 36.9 Å². The van der Waals surface area contributed by atoms with Crippen LogP contribution >= 0.6 is 39.1 Å². The van der Waals surface area contributed by atoms with Crippen LogP contribution in [0, 0.1) is 6.92 Å². The minimum Gasteiger partial charge on any atom is -0.271 e. The first-order chi connectivity index (χ1) is 9.04. The summed E-state index contributed by atoms with van der Waals surface area (Å²) < 4.78 is 1.85. The number of hydrogen-bond donors (Lipinski definition) is 0. The second kappa shape index (κ2) is 6.29. The minimum atomic E-state index is 0.279. The van der Waals surface area contributed by atoms with Crippen LogP contribution in [0.3, 0.4) is 0 Å². The second-order valence-corrected chi connectivity index (χ2v) is 5.98. The van der Waals surface area contributed by atoms with E-state index >= 15 is 0 Å². The van der Waals surface area contributed by atoms with Gasteiger partial charge >= 0.3 is 0 Å². The third kappa shape index (κ3) is 3.15. The van der Waals surface area contributed by atoms with Crippen molar-refractivity contribution in [2.24, 2.45) is 7.05 Å². The second-order valence-electron chi connectivity index (χ2n) is 4.55. The molecule has 0 radical (unpaired) electrons. The average Bonchev–Trinajstić information content (AvgIpc) is 2.63. The molecule has 1 aromatic carbocycles. The van der Waals surface area contributed by atoms with E-state index in [0.717, 1.165) is 38.7 Å². The first-order valence-corrected chi connectivity index (χ1v) is 7.90. The van der Waals surface area contributed by atoms with E-state index in [1.165, 1.54) is 0 Å². The van der Waals surface area contributed by atoms with Crippen molar-refractivity contribution in [2.45, 2.75) is 19.3 Å². The Hall–Kier alpha value is -0.510. The van der Waals surface area contributed by atoms with Crippen molar-refractivity contribution in [3.05, 3.63) is 51.3 Å². The lowest BCUT2D eigenvalue weighted by atomic mass is 9.96. The van der Waals surface area contributed by atoms with Crippen LogP contribution in [0.15, 0.2) is 24.3 Å². The predicted octanol–water partition coefficient (Wildman–Crippen LogP) is 4.76. The Bertz CT molecular complexity index is 581. The molecule has 2 nitrogen and oxygen atoms in total. The highest BCUT2D eigenvalue weighted by molar-refractivity contribution is 9.09. The number of nitrogens with zero attached hydrogens (tertiary/aromatic N) is 2. The molecule has 2 aromatic rings. The Morgan fingerprint density at radius 1 is 1.32 bits per heavy atom. The summed E-state index contributed by atoms with van der Waals surface area (Å²) in [5.74, 6) is 0.279. The third-order valence-electron chi connectivity index (χ3n) is 3.23. The van der Waals surface area contributed by atoms with E-state index < -0.39 is 0 Å². The fourth-order valence-corrected chi connectivity index (χ4v) is 3.29. The maximum Gasteiger partial charge on any atom is 0.0847 e. The van der Waals surface area contributed by atoms with Crippen LogP contribution in [0.1, 0.15) is 22.9 Å². The molecule has 2 rings (SSSR count). The lowest BCUT2D eigenvalue weighted by Crippen LogP contribution is -2.09. The van der Waals surface area contributed by atoms with E-state index in [2.05, 4.69) is 27.1 Å². The zero-order valence-electron chi connectivity index (χ0n) is 10.8. The van der Waals surface area contributed by atoms with Crippen molar-refractivity contribution < 1.29 is 0 Å². The molecule has 0 N–H and O–H groups in total. The van der Waals surface area contributed by atoms with Crippen LogP contribution in [0.4, 0.5) is 0 Å². The fourth-order valence-electron chi connectivity index (χ4n) is 2.19. The summed E-state index contributed by atoms with van der Waals surface area (Å²) in [5.41, 5.74) is 3.05. The van der Waals surface area contributed by atoms with Gasteiger partial charge in [-0.1, -0.05) is 57.3 Å². The molecule has 19 heavy (non-hydrogen) atoms. The van der Waals surface area contributed by atoms with Gasteiger partial charge in [0.25, 0.3) is 0 Å². The quantitative estimate of drug-likeness (QED) is 0.718. The third-order valence-corrected chi connectivity index (χ3v) is 4.85. The molecule has 0 aliphatic heterocycles. The van der Waals surface area contributed by atoms with Crippen molar-refractivity contribution >= 4 is 39.1 Å². The molecule has 0 saturated carbocycles. The molecule has 1 heterocycles. The Balaban J connectivity index is 2.32. The van der Waals surface area contributed by atoms with Crippen LogP contribution < -0.4 is 0 Å². The molecular formula is C14H15BrCl2N2. The monoisotopic (exact) mass is 360 g/mol. The molecule has 1 atom stereocenters. The molecule has 0 bridgehead atoms. The largest absolute Gasteiger partial charge is 0.271 e. The van der Waals surface area contributed by atoms with Gasteiger partial charge in [-0.05, 0) is 25.0 Å². The topological polar surface area (TPSA) is 17.8 Å². The predicted molar refractivity (Wildman–Crippen MR) is 84.6 cm³/mol. The van der Waals surface area contributed by atoms with Gasteiger partial charge in [0.2, 0.25) is 0 Å². The van der Waals surface area contributed by atoms with Crippen LogP contribution in [0.5, 0.6) is 0 Å². The SMILES string of the molecule is Cc1nn(C)c(CC(CBr)c2ccccc2Cl)c1Cl. The first-order valence-electron chi connectivity index (χ1n) is 6.03. The number of halogens is 3. The molecule has 5 heteroatoms. The smallest absolute Gasteiger partial charge is 0.0847 e. The highest BCUT2D eigenvalue weighted by Crippen LogP contribution is 2.31. The molecule has 1 aromatic heterocycles. The van der Waals surface area contributed by atoms with Crippen molar-refractivity contribution in [1.29, 1.82) is 0 Å². The summed E-state index contributed by atoms with van der Waals surface area (Å²) >= 11 is 16.2. The molecule has 1 unspecified atom stereocenters. The summed E-state index contributed by atoms with van der Waals surface area (Å²) in [5, 5.41) is 6.73. The van der Waals surface area contributed by atoms with Gasteiger partial charge in [-0.25, -0.2) is 0 Å². The van der Waals surface area contributed by atoms with Crippen LogP contribution in [0.2, 0.25) is 10.0 Å². The highest BCUT2D eigenvalue weighted by atomic mass is 79.9. The number of alkyl halides is 1. The molecule has 0 aliphatic rings. The van der Waals surface area contributed by atoms with Gasteiger partial charge in [0.15, 0.2) is 0 Å². The van der Waals surface area contributed by atoms with Crippen molar-refractivity contribution in [3.8, 4) is 0 Å². The standard InChI is InChI=1S/C14H15BrCl2N2/c1-9-14(17)13(19(2)18-9)7-10(8-15)11-5-3-4-6-12(11)16/h3-6,10H,7-8H2,1-2H3. The number of aromatic nitrogens is 2. The fraction of sp³-hybridized carbons (Fsp3) is 0.357. The average molecular weight is 362 g/mol. The van der Waals surface area contributed by atoms with Crippen molar-refractivity contribution in [2.75, 3.05) is 5.33 Å². The molecule has 0 aliphatic carbocycles. The lowest BCUT2D eigenvalue weighted by Gasteiger charge is -2.16. The summed E-state index contributed by atoms with van der Waals surface area (Å²) in [6.45, 7) is 1.92. The number of rotatable bonds is 4. The first kappa shape index (κ1) is 14.9. The Kier molecular flexibility index (Phi) is 4.93. The molecule has 0 fully saturated rings. The summed E-state index contributed by atoms with van der Waals surface area (Å²) in [4.78, 5) is 0. The van der Waals surface area contributed by atoms with Gasteiger partial charge in [-0.2, -0.15) is 5.10 Å². The van der Waals surface area contributed by atoms with Gasteiger partial charge in [-0.15, -0.1) is 0 Å². The normalized spacial score (nSPS) is 12.7. The van der Waals surface area contributed by atoms with E-state index in [1.54, 1.807) is 0 Å². The zero-order chi connectivity index (χ0) is 14.0. The van der Waals surface area contributed by atoms with E-state index in [-0.39, 0.29) is 5.92 Å². The van der Waals surface area contributed by atoms with Crippen molar-refractivity contribution in [1.82, 2.24) is 9.78 Å². The van der Waals surface area contributed by atoms with Crippen LogP contribution in [-0.4, -0.2) is 15.1 Å². The Morgan fingerprint density at radius 3 is 2.53 bits per heavy atom. The highest BCUT2D eigenvalue weighted by Gasteiger charge is 2.19. The molecule has 102 valence electrons. The molecular weight excluding hydrogens is 347 g/mol. The van der Waals surface area contributed by atoms with Crippen LogP contribution in [-0.2, 0) is 13.5 Å². The summed E-state index contributed by atoms with van der Waals surface area (Å²) in [6, 6.07) is 7.93. The molecule has 0 spiro atoms.